The van der Waals surface area contributed by atoms with E-state index in [1.165, 1.54) is 0 Å². The van der Waals surface area contributed by atoms with Crippen LogP contribution in [-0.4, -0.2) is 39.2 Å². The van der Waals surface area contributed by atoms with Crippen LogP contribution in [0.5, 0.6) is 5.75 Å². The first-order chi connectivity index (χ1) is 14.3. The minimum Gasteiger partial charge on any atom is -0.506 e. The number of nitrogens with zero attached hydrogens (tertiary/aromatic N) is 1. The zero-order chi connectivity index (χ0) is 21.6. The van der Waals surface area contributed by atoms with E-state index in [4.69, 9.17) is 0 Å². The quantitative estimate of drug-likeness (QED) is 0.571. The van der Waals surface area contributed by atoms with Crippen LogP contribution in [0.1, 0.15) is 56.4 Å². The van der Waals surface area contributed by atoms with Crippen molar-refractivity contribution in [3.63, 3.8) is 0 Å². The number of carbonyl (C=O) groups excluding carboxylic acids is 2. The number of phenolic OH excluding ortho intramolecular Hbond substituents is 1. The Kier molecular flexibility index (Phi) is 5.90. The van der Waals surface area contributed by atoms with Crippen molar-refractivity contribution in [2.75, 3.05) is 6.54 Å². The predicted octanol–water partition coefficient (Wildman–Crippen LogP) is 4.81. The molecule has 158 valence electrons. The van der Waals surface area contributed by atoms with Gasteiger partial charge in [-0.2, -0.15) is 0 Å². The number of aliphatic carboxylic acids is 1. The molecular weight excluding hydrogens is 518 g/mol. The van der Waals surface area contributed by atoms with Crippen molar-refractivity contribution in [2.24, 2.45) is 0 Å². The van der Waals surface area contributed by atoms with Gasteiger partial charge in [0.1, 0.15) is 5.75 Å². The van der Waals surface area contributed by atoms with Gasteiger partial charge in [-0.05, 0) is 53.7 Å². The van der Waals surface area contributed by atoms with E-state index in [-0.39, 0.29) is 30.3 Å². The summed E-state index contributed by atoms with van der Waals surface area (Å²) in [6.07, 6.45) is 3.38. The fourth-order valence-corrected chi connectivity index (χ4v) is 6.07. The molecule has 1 aromatic rings. The smallest absolute Gasteiger partial charge is 0.305 e. The van der Waals surface area contributed by atoms with Crippen LogP contribution >= 0.6 is 31.9 Å². The van der Waals surface area contributed by atoms with E-state index >= 15 is 0 Å². The molecule has 30 heavy (non-hydrogen) atoms. The maximum Gasteiger partial charge on any atom is 0.305 e. The number of hydrogen-bond acceptors (Lipinski definition) is 5. The number of benzene rings is 1. The third-order valence-corrected chi connectivity index (χ3v) is 7.07. The van der Waals surface area contributed by atoms with Crippen LogP contribution in [0, 0.1) is 0 Å². The lowest BCUT2D eigenvalue weighted by molar-refractivity contribution is -0.137. The second-order valence-electron chi connectivity index (χ2n) is 7.83. The Bertz CT molecular complexity index is 983. The normalized spacial score (nSPS) is 19.9. The number of aromatic hydroxyl groups is 1. The van der Waals surface area contributed by atoms with E-state index in [1.54, 1.807) is 12.1 Å². The van der Waals surface area contributed by atoms with Crippen molar-refractivity contribution in [1.29, 1.82) is 0 Å². The molecule has 0 saturated carbocycles. The van der Waals surface area contributed by atoms with Crippen LogP contribution < -0.4 is 0 Å². The Hall–Kier alpha value is -1.93. The number of carboxylic acid groups (broad SMARTS) is 1. The number of carbonyl (C=O) groups is 3. The molecule has 1 heterocycles. The molecule has 0 unspecified atom stereocenters. The molecule has 0 amide bonds. The highest BCUT2D eigenvalue weighted by molar-refractivity contribution is 9.11. The number of ketones is 2. The summed E-state index contributed by atoms with van der Waals surface area (Å²) < 4.78 is 1.21. The summed E-state index contributed by atoms with van der Waals surface area (Å²) in [5.41, 5.74) is 3.18. The van der Waals surface area contributed by atoms with E-state index in [0.717, 1.165) is 15.9 Å². The highest BCUT2D eigenvalue weighted by Crippen LogP contribution is 2.52. The summed E-state index contributed by atoms with van der Waals surface area (Å²) in [5, 5.41) is 20.1. The van der Waals surface area contributed by atoms with Crippen LogP contribution in [0.4, 0.5) is 0 Å². The van der Waals surface area contributed by atoms with Crippen molar-refractivity contribution in [1.82, 2.24) is 4.90 Å². The van der Waals surface area contributed by atoms with E-state index in [0.29, 0.717) is 59.7 Å². The van der Waals surface area contributed by atoms with Crippen LogP contribution in [0.25, 0.3) is 0 Å². The third-order valence-electron chi connectivity index (χ3n) is 6.00. The van der Waals surface area contributed by atoms with E-state index in [1.807, 2.05) is 4.90 Å². The number of allylic oxidation sites excluding steroid dienone is 4. The molecule has 2 N–H and O–H groups in total. The SMILES string of the molecule is O=C(O)CCN1C2=C(C(=O)CCC2)C(c2cc(Br)cc(Br)c2O)C2=C1CCCC2=O. The van der Waals surface area contributed by atoms with E-state index in [9.17, 15) is 24.6 Å². The molecule has 0 aromatic heterocycles. The van der Waals surface area contributed by atoms with E-state index in [2.05, 4.69) is 31.9 Å². The molecule has 0 spiro atoms. The number of hydrogen-bond donors (Lipinski definition) is 2. The fraction of sp³-hybridized carbons (Fsp3) is 0.409. The minimum absolute atomic E-state index is 0.0117. The van der Waals surface area contributed by atoms with Crippen LogP contribution in [0.2, 0.25) is 0 Å². The van der Waals surface area contributed by atoms with Crippen molar-refractivity contribution >= 4 is 49.4 Å². The van der Waals surface area contributed by atoms with Gasteiger partial charge in [-0.25, -0.2) is 0 Å². The molecule has 1 aliphatic heterocycles. The van der Waals surface area contributed by atoms with Gasteiger partial charge in [0.15, 0.2) is 11.6 Å². The highest BCUT2D eigenvalue weighted by Gasteiger charge is 2.44. The Morgan fingerprint density at radius 3 is 2.10 bits per heavy atom. The van der Waals surface area contributed by atoms with Gasteiger partial charge in [0, 0.05) is 57.9 Å². The zero-order valence-electron chi connectivity index (χ0n) is 16.2. The van der Waals surface area contributed by atoms with E-state index < -0.39 is 11.9 Å². The molecule has 0 fully saturated rings. The Balaban J connectivity index is 1.97. The largest absolute Gasteiger partial charge is 0.506 e. The lowest BCUT2D eigenvalue weighted by Gasteiger charge is -2.44. The molecule has 2 aliphatic carbocycles. The average molecular weight is 539 g/mol. The first-order valence-corrected chi connectivity index (χ1v) is 11.6. The molecular formula is C22H21Br2NO5. The van der Waals surface area contributed by atoms with Crippen molar-refractivity contribution in [3.05, 3.63) is 49.2 Å². The lowest BCUT2D eigenvalue weighted by atomic mass is 9.70. The van der Waals surface area contributed by atoms with Gasteiger partial charge in [-0.1, -0.05) is 15.9 Å². The summed E-state index contributed by atoms with van der Waals surface area (Å²) in [6.45, 7) is 0.231. The summed E-state index contributed by atoms with van der Waals surface area (Å²) in [6, 6.07) is 3.48. The molecule has 8 heteroatoms. The van der Waals surface area contributed by atoms with Crippen LogP contribution in [0.3, 0.4) is 0 Å². The summed E-state index contributed by atoms with van der Waals surface area (Å²) in [4.78, 5) is 39.4. The van der Waals surface area contributed by atoms with Gasteiger partial charge in [0.2, 0.25) is 0 Å². The average Bonchev–Trinajstić information content (AvgIpc) is 2.69. The maximum atomic E-state index is 13.1. The third kappa shape index (κ3) is 3.64. The van der Waals surface area contributed by atoms with Crippen LogP contribution in [-0.2, 0) is 14.4 Å². The lowest BCUT2D eigenvalue weighted by Crippen LogP contribution is -2.40. The van der Waals surface area contributed by atoms with Gasteiger partial charge in [-0.15, -0.1) is 0 Å². The minimum atomic E-state index is -0.917. The topological polar surface area (TPSA) is 94.9 Å². The number of rotatable bonds is 4. The Morgan fingerprint density at radius 1 is 1.00 bits per heavy atom. The first-order valence-electron chi connectivity index (χ1n) is 9.99. The standard InChI is InChI=1S/C22H21Br2NO5/c23-11-9-12(22(30)13(24)10-11)19-20-14(3-1-5-16(20)26)25(8-7-18(28)29)15-4-2-6-17(27)21(15)19/h9-10,19,30H,1-8H2,(H,28,29). The number of carboxylic acids is 1. The molecule has 0 saturated heterocycles. The van der Waals surface area contributed by atoms with Gasteiger partial charge >= 0.3 is 5.97 Å². The summed E-state index contributed by atoms with van der Waals surface area (Å²) >= 11 is 6.82. The van der Waals surface area contributed by atoms with Gasteiger partial charge in [-0.3, -0.25) is 14.4 Å². The molecule has 0 bridgehead atoms. The van der Waals surface area contributed by atoms with Gasteiger partial charge in [0.25, 0.3) is 0 Å². The zero-order valence-corrected chi connectivity index (χ0v) is 19.4. The highest BCUT2D eigenvalue weighted by atomic mass is 79.9. The number of Topliss-reactive ketones (excluding diaryl/α,β-unsaturated/α-hetero) is 2. The first kappa shape index (κ1) is 21.3. The molecule has 1 aromatic carbocycles. The Morgan fingerprint density at radius 2 is 1.57 bits per heavy atom. The second kappa shape index (κ2) is 8.30. The Labute approximate surface area is 190 Å². The van der Waals surface area contributed by atoms with Gasteiger partial charge < -0.3 is 15.1 Å². The summed E-state index contributed by atoms with van der Waals surface area (Å²) in [5.74, 6) is -1.62. The van der Waals surface area contributed by atoms with Crippen molar-refractivity contribution in [3.8, 4) is 5.75 Å². The number of halogens is 2. The molecule has 4 rings (SSSR count). The molecule has 6 nitrogen and oxygen atoms in total. The van der Waals surface area contributed by atoms with Gasteiger partial charge in [0.05, 0.1) is 10.9 Å². The monoisotopic (exact) mass is 537 g/mol. The van der Waals surface area contributed by atoms with Crippen LogP contribution in [0.15, 0.2) is 43.6 Å². The second-order valence-corrected chi connectivity index (χ2v) is 9.60. The molecule has 3 aliphatic rings. The molecule has 0 atom stereocenters. The van der Waals surface area contributed by atoms with Crippen molar-refractivity contribution in [2.45, 2.75) is 50.9 Å². The number of phenols is 1. The fourth-order valence-electron chi connectivity index (χ4n) is 4.81. The summed E-state index contributed by atoms with van der Waals surface area (Å²) in [7, 11) is 0. The predicted molar refractivity (Wildman–Crippen MR) is 117 cm³/mol. The van der Waals surface area contributed by atoms with Crippen molar-refractivity contribution < 1.29 is 24.6 Å². The molecule has 0 radical (unpaired) electrons. The maximum absolute atomic E-state index is 13.1.